The van der Waals surface area contributed by atoms with Gasteiger partial charge in [0, 0.05) is 25.7 Å². The highest BCUT2D eigenvalue weighted by atomic mass is 16.5. The largest absolute Gasteiger partial charge is 0.493 e. The van der Waals surface area contributed by atoms with Crippen molar-refractivity contribution in [1.82, 2.24) is 5.32 Å². The van der Waals surface area contributed by atoms with Gasteiger partial charge < -0.3 is 14.8 Å². The fraction of sp³-hybridized carbons (Fsp3) is 0.625. The van der Waals surface area contributed by atoms with E-state index >= 15 is 0 Å². The van der Waals surface area contributed by atoms with Gasteiger partial charge in [-0.25, -0.2) is 0 Å². The normalized spacial score (nSPS) is 12.4. The molecule has 1 atom stereocenters. The van der Waals surface area contributed by atoms with Gasteiger partial charge in [0.25, 0.3) is 0 Å². The molecule has 1 rings (SSSR count). The van der Waals surface area contributed by atoms with Crippen molar-refractivity contribution in [2.45, 2.75) is 39.7 Å². The van der Waals surface area contributed by atoms with Crippen LogP contribution in [0, 0.1) is 0 Å². The molecule has 3 heteroatoms. The smallest absolute Gasteiger partial charge is 0.119 e. The van der Waals surface area contributed by atoms with Gasteiger partial charge in [-0.3, -0.25) is 0 Å². The van der Waals surface area contributed by atoms with Crippen LogP contribution in [0.4, 0.5) is 0 Å². The highest BCUT2D eigenvalue weighted by molar-refractivity contribution is 5.30. The van der Waals surface area contributed by atoms with Gasteiger partial charge in [0.2, 0.25) is 0 Å². The summed E-state index contributed by atoms with van der Waals surface area (Å²) >= 11 is 0. The third-order valence-corrected chi connectivity index (χ3v) is 2.96. The van der Waals surface area contributed by atoms with Crippen LogP contribution in [0.15, 0.2) is 24.3 Å². The summed E-state index contributed by atoms with van der Waals surface area (Å²) in [5.74, 6) is 0.944. The van der Waals surface area contributed by atoms with Gasteiger partial charge in [0.1, 0.15) is 5.75 Å². The second-order valence-electron chi connectivity index (χ2n) is 4.65. The van der Waals surface area contributed by atoms with E-state index < -0.39 is 0 Å². The van der Waals surface area contributed by atoms with Crippen LogP contribution in [-0.4, -0.2) is 26.4 Å². The minimum atomic E-state index is 0.368. The lowest BCUT2D eigenvalue weighted by atomic mass is 10.1. The van der Waals surface area contributed by atoms with Crippen molar-refractivity contribution in [3.8, 4) is 5.75 Å². The molecule has 0 saturated heterocycles. The fourth-order valence-corrected chi connectivity index (χ4v) is 1.85. The predicted octanol–water partition coefficient (Wildman–Crippen LogP) is 3.55. The molecule has 19 heavy (non-hydrogen) atoms. The van der Waals surface area contributed by atoms with E-state index in [2.05, 4.69) is 37.4 Å². The Morgan fingerprint density at radius 1 is 1.21 bits per heavy atom. The summed E-state index contributed by atoms with van der Waals surface area (Å²) in [6.07, 6.45) is 2.08. The molecule has 3 nitrogen and oxygen atoms in total. The molecule has 1 aromatic carbocycles. The maximum absolute atomic E-state index is 5.74. The molecule has 0 amide bonds. The molecule has 0 fully saturated rings. The van der Waals surface area contributed by atoms with E-state index in [0.29, 0.717) is 12.6 Å². The maximum atomic E-state index is 5.74. The molecule has 0 aliphatic heterocycles. The van der Waals surface area contributed by atoms with E-state index in [-0.39, 0.29) is 0 Å². The highest BCUT2D eigenvalue weighted by Gasteiger charge is 2.05. The van der Waals surface area contributed by atoms with Gasteiger partial charge in [-0.05, 0) is 44.5 Å². The second-order valence-corrected chi connectivity index (χ2v) is 4.65. The molecule has 1 unspecified atom stereocenters. The number of benzene rings is 1. The molecule has 108 valence electrons. The first-order valence-electron chi connectivity index (χ1n) is 7.31. The molecule has 1 N–H and O–H groups in total. The lowest BCUT2D eigenvalue weighted by Crippen LogP contribution is -2.19. The minimum absolute atomic E-state index is 0.368. The summed E-state index contributed by atoms with van der Waals surface area (Å²) in [7, 11) is 0. The topological polar surface area (TPSA) is 30.5 Å². The summed E-state index contributed by atoms with van der Waals surface area (Å²) < 4.78 is 11.0. The van der Waals surface area contributed by atoms with Crippen LogP contribution in [0.3, 0.4) is 0 Å². The van der Waals surface area contributed by atoms with Crippen molar-refractivity contribution in [2.75, 3.05) is 26.4 Å². The zero-order chi connectivity index (χ0) is 13.9. The van der Waals surface area contributed by atoms with Crippen LogP contribution in [0.5, 0.6) is 5.75 Å². The quantitative estimate of drug-likeness (QED) is 0.656. The Bertz CT molecular complexity index is 341. The zero-order valence-electron chi connectivity index (χ0n) is 12.4. The molecule has 0 saturated carbocycles. The van der Waals surface area contributed by atoms with Crippen LogP contribution in [0.25, 0.3) is 0 Å². The average Bonchev–Trinajstić information content (AvgIpc) is 2.45. The zero-order valence-corrected chi connectivity index (χ0v) is 12.4. The van der Waals surface area contributed by atoms with Gasteiger partial charge in [0.15, 0.2) is 0 Å². The molecular weight excluding hydrogens is 238 g/mol. The Hall–Kier alpha value is -1.06. The Balaban J connectivity index is 2.38. The van der Waals surface area contributed by atoms with E-state index in [4.69, 9.17) is 9.47 Å². The Kier molecular flexibility index (Phi) is 8.26. The van der Waals surface area contributed by atoms with E-state index in [1.165, 1.54) is 5.56 Å². The summed E-state index contributed by atoms with van der Waals surface area (Å²) in [6, 6.07) is 8.69. The maximum Gasteiger partial charge on any atom is 0.119 e. The van der Waals surface area contributed by atoms with Crippen LogP contribution in [-0.2, 0) is 4.74 Å². The van der Waals surface area contributed by atoms with Crippen molar-refractivity contribution in [3.63, 3.8) is 0 Å². The Morgan fingerprint density at radius 2 is 2.05 bits per heavy atom. The number of ether oxygens (including phenoxy) is 2. The third-order valence-electron chi connectivity index (χ3n) is 2.96. The van der Waals surface area contributed by atoms with Gasteiger partial charge in [-0.15, -0.1) is 0 Å². The van der Waals surface area contributed by atoms with Crippen LogP contribution in [0.2, 0.25) is 0 Å². The summed E-state index contributed by atoms with van der Waals surface area (Å²) in [5, 5.41) is 3.48. The number of rotatable bonds is 10. The standard InChI is InChI=1S/C16H27NO2/c1-4-10-17-14(3)15-8-6-9-16(13-15)19-12-7-11-18-5-2/h6,8-9,13-14,17H,4-5,7,10-12H2,1-3H3. The lowest BCUT2D eigenvalue weighted by Gasteiger charge is -2.15. The van der Waals surface area contributed by atoms with Crippen LogP contribution >= 0.6 is 0 Å². The number of hydrogen-bond donors (Lipinski definition) is 1. The predicted molar refractivity (Wildman–Crippen MR) is 79.8 cm³/mol. The molecule has 0 bridgehead atoms. The monoisotopic (exact) mass is 265 g/mol. The molecule has 0 heterocycles. The highest BCUT2D eigenvalue weighted by Crippen LogP contribution is 2.19. The number of nitrogens with one attached hydrogen (secondary N) is 1. The number of hydrogen-bond acceptors (Lipinski definition) is 3. The summed E-state index contributed by atoms with van der Waals surface area (Å²) in [5.41, 5.74) is 1.27. The van der Waals surface area contributed by atoms with Gasteiger partial charge >= 0.3 is 0 Å². The molecule has 0 aliphatic carbocycles. The van der Waals surface area contributed by atoms with E-state index in [1.807, 2.05) is 13.0 Å². The molecule has 0 spiro atoms. The molecule has 1 aromatic rings. The fourth-order valence-electron chi connectivity index (χ4n) is 1.85. The second kappa shape index (κ2) is 9.82. The Labute approximate surface area is 117 Å². The molecular formula is C16H27NO2. The van der Waals surface area contributed by atoms with E-state index in [0.717, 1.165) is 38.3 Å². The van der Waals surface area contributed by atoms with Crippen LogP contribution in [0.1, 0.15) is 45.2 Å². The van der Waals surface area contributed by atoms with Crippen molar-refractivity contribution >= 4 is 0 Å². The van der Waals surface area contributed by atoms with Crippen molar-refractivity contribution in [3.05, 3.63) is 29.8 Å². The van der Waals surface area contributed by atoms with E-state index in [9.17, 15) is 0 Å². The summed E-state index contributed by atoms with van der Waals surface area (Å²) in [4.78, 5) is 0. The molecule has 0 radical (unpaired) electrons. The van der Waals surface area contributed by atoms with Gasteiger partial charge in [-0.2, -0.15) is 0 Å². The van der Waals surface area contributed by atoms with Gasteiger partial charge in [-0.1, -0.05) is 19.1 Å². The summed E-state index contributed by atoms with van der Waals surface area (Å²) in [6.45, 7) is 9.66. The SMILES string of the molecule is CCCNC(C)c1cccc(OCCCOCC)c1. The first kappa shape index (κ1) is 16.0. The van der Waals surface area contributed by atoms with Crippen molar-refractivity contribution < 1.29 is 9.47 Å². The van der Waals surface area contributed by atoms with Crippen molar-refractivity contribution in [1.29, 1.82) is 0 Å². The average molecular weight is 265 g/mol. The van der Waals surface area contributed by atoms with Crippen LogP contribution < -0.4 is 10.1 Å². The first-order valence-corrected chi connectivity index (χ1v) is 7.31. The van der Waals surface area contributed by atoms with E-state index in [1.54, 1.807) is 0 Å². The Morgan fingerprint density at radius 3 is 2.79 bits per heavy atom. The minimum Gasteiger partial charge on any atom is -0.493 e. The van der Waals surface area contributed by atoms with Gasteiger partial charge in [0.05, 0.1) is 6.61 Å². The first-order chi connectivity index (χ1) is 9.27. The molecule has 0 aliphatic rings. The lowest BCUT2D eigenvalue weighted by molar-refractivity contribution is 0.131. The molecule has 0 aromatic heterocycles. The van der Waals surface area contributed by atoms with Crippen molar-refractivity contribution in [2.24, 2.45) is 0 Å². The third kappa shape index (κ3) is 6.60.